The number of hydrogen-bond acceptors (Lipinski definition) is 4. The molecular formula is C22H19ClN2O4S. The fourth-order valence-electron chi connectivity index (χ4n) is 3.46. The van der Waals surface area contributed by atoms with Crippen LogP contribution in [0.25, 0.3) is 0 Å². The molecule has 0 aromatic heterocycles. The lowest BCUT2D eigenvalue weighted by Crippen LogP contribution is -2.29. The first-order valence-corrected chi connectivity index (χ1v) is 11.1. The quantitative estimate of drug-likeness (QED) is 0.637. The number of carbonyl (C=O) groups excluding carboxylic acids is 1. The number of anilines is 2. The molecule has 0 saturated carbocycles. The Kier molecular flexibility index (Phi) is 5.40. The minimum Gasteiger partial charge on any atom is -0.496 e. The minimum absolute atomic E-state index is 0.0179. The lowest BCUT2D eigenvalue weighted by molar-refractivity contribution is 0.102. The van der Waals surface area contributed by atoms with Gasteiger partial charge >= 0.3 is 0 Å². The summed E-state index contributed by atoms with van der Waals surface area (Å²) in [7, 11) is -2.42. The number of ether oxygens (including phenoxy) is 1. The predicted molar refractivity (Wildman–Crippen MR) is 117 cm³/mol. The zero-order valence-electron chi connectivity index (χ0n) is 16.1. The third kappa shape index (κ3) is 3.62. The van der Waals surface area contributed by atoms with Crippen molar-refractivity contribution in [1.29, 1.82) is 0 Å². The van der Waals surface area contributed by atoms with E-state index in [0.29, 0.717) is 29.4 Å². The van der Waals surface area contributed by atoms with Gasteiger partial charge in [0.1, 0.15) is 5.75 Å². The number of hydrogen-bond donors (Lipinski definition) is 1. The number of nitrogens with zero attached hydrogens (tertiary/aromatic N) is 1. The molecule has 0 atom stereocenters. The molecule has 1 N–H and O–H groups in total. The number of halogens is 1. The number of benzene rings is 3. The third-order valence-corrected chi connectivity index (χ3v) is 7.11. The molecule has 0 fully saturated rings. The minimum atomic E-state index is -3.84. The maximum atomic E-state index is 13.3. The highest BCUT2D eigenvalue weighted by Gasteiger charge is 2.31. The van der Waals surface area contributed by atoms with Gasteiger partial charge in [-0.05, 0) is 48.4 Å². The largest absolute Gasteiger partial charge is 0.496 e. The Bertz CT molecular complexity index is 1230. The van der Waals surface area contributed by atoms with Crippen LogP contribution >= 0.6 is 11.6 Å². The van der Waals surface area contributed by atoms with Crippen LogP contribution in [-0.2, 0) is 16.4 Å². The number of para-hydroxylation sites is 2. The lowest BCUT2D eigenvalue weighted by atomic mass is 10.2. The molecule has 0 aliphatic carbocycles. The monoisotopic (exact) mass is 442 g/mol. The second kappa shape index (κ2) is 8.01. The summed E-state index contributed by atoms with van der Waals surface area (Å²) in [6, 6.07) is 18.5. The van der Waals surface area contributed by atoms with Gasteiger partial charge in [-0.2, -0.15) is 0 Å². The molecule has 1 aliphatic rings. The maximum absolute atomic E-state index is 13.3. The lowest BCUT2D eigenvalue weighted by Gasteiger charge is -2.20. The normalized spacial score (nSPS) is 13.1. The van der Waals surface area contributed by atoms with E-state index in [1.807, 2.05) is 18.2 Å². The van der Waals surface area contributed by atoms with Gasteiger partial charge in [-0.1, -0.05) is 41.9 Å². The first-order chi connectivity index (χ1) is 14.4. The SMILES string of the molecule is COc1ccc(S(=O)(=O)N2CCc3ccccc32)cc1C(=O)Nc1ccccc1Cl. The highest BCUT2D eigenvalue weighted by Crippen LogP contribution is 2.34. The highest BCUT2D eigenvalue weighted by molar-refractivity contribution is 7.92. The van der Waals surface area contributed by atoms with Crippen molar-refractivity contribution in [3.8, 4) is 5.75 Å². The van der Waals surface area contributed by atoms with Crippen molar-refractivity contribution >= 4 is 38.9 Å². The summed E-state index contributed by atoms with van der Waals surface area (Å²) >= 11 is 6.12. The molecule has 0 unspecified atom stereocenters. The number of carbonyl (C=O) groups is 1. The topological polar surface area (TPSA) is 75.7 Å². The van der Waals surface area contributed by atoms with Gasteiger partial charge in [-0.25, -0.2) is 8.42 Å². The predicted octanol–water partition coefficient (Wildman–Crippen LogP) is 4.35. The van der Waals surface area contributed by atoms with Gasteiger partial charge in [0.15, 0.2) is 0 Å². The van der Waals surface area contributed by atoms with Crippen molar-refractivity contribution in [2.24, 2.45) is 0 Å². The van der Waals surface area contributed by atoms with Crippen LogP contribution in [0, 0.1) is 0 Å². The van der Waals surface area contributed by atoms with Crippen molar-refractivity contribution in [2.45, 2.75) is 11.3 Å². The van der Waals surface area contributed by atoms with Gasteiger partial charge in [0.2, 0.25) is 0 Å². The Morgan fingerprint density at radius 2 is 1.80 bits per heavy atom. The van der Waals surface area contributed by atoms with Crippen LogP contribution in [0.2, 0.25) is 5.02 Å². The third-order valence-electron chi connectivity index (χ3n) is 4.97. The van der Waals surface area contributed by atoms with E-state index in [1.54, 1.807) is 30.3 Å². The molecule has 154 valence electrons. The fourth-order valence-corrected chi connectivity index (χ4v) is 5.18. The zero-order chi connectivity index (χ0) is 21.3. The van der Waals surface area contributed by atoms with Gasteiger partial charge < -0.3 is 10.1 Å². The standard InChI is InChI=1S/C22H19ClN2O4S/c1-29-21-11-10-16(14-17(21)22(26)24-19-8-4-3-7-18(19)23)30(27,28)25-13-12-15-6-2-5-9-20(15)25/h2-11,14H,12-13H2,1H3,(H,24,26). The van der Waals surface area contributed by atoms with E-state index >= 15 is 0 Å². The van der Waals surface area contributed by atoms with Crippen LogP contribution in [0.1, 0.15) is 15.9 Å². The van der Waals surface area contributed by atoms with Crippen molar-refractivity contribution in [3.05, 3.63) is 82.9 Å². The summed E-state index contributed by atoms with van der Waals surface area (Å²) in [5.74, 6) is -0.251. The van der Waals surface area contributed by atoms with Gasteiger partial charge in [0.25, 0.3) is 15.9 Å². The smallest absolute Gasteiger partial charge is 0.264 e. The van der Waals surface area contributed by atoms with E-state index in [0.717, 1.165) is 5.56 Å². The second-order valence-corrected chi connectivity index (χ2v) is 9.02. The van der Waals surface area contributed by atoms with Crippen molar-refractivity contribution < 1.29 is 17.9 Å². The molecule has 0 radical (unpaired) electrons. The van der Waals surface area contributed by atoms with Gasteiger partial charge in [0.05, 0.1) is 34.0 Å². The maximum Gasteiger partial charge on any atom is 0.264 e. The summed E-state index contributed by atoms with van der Waals surface area (Å²) in [5.41, 5.74) is 2.17. The van der Waals surface area contributed by atoms with Crippen LogP contribution in [0.3, 0.4) is 0 Å². The fraction of sp³-hybridized carbons (Fsp3) is 0.136. The van der Waals surface area contributed by atoms with Crippen LogP contribution in [0.4, 0.5) is 11.4 Å². The van der Waals surface area contributed by atoms with Crippen LogP contribution in [-0.4, -0.2) is 28.0 Å². The molecule has 0 bridgehead atoms. The zero-order valence-corrected chi connectivity index (χ0v) is 17.7. The van der Waals surface area contributed by atoms with Gasteiger partial charge in [-0.15, -0.1) is 0 Å². The second-order valence-electron chi connectivity index (χ2n) is 6.75. The van der Waals surface area contributed by atoms with E-state index in [2.05, 4.69) is 5.32 Å². The van der Waals surface area contributed by atoms with Crippen molar-refractivity contribution in [1.82, 2.24) is 0 Å². The Balaban J connectivity index is 1.71. The summed E-state index contributed by atoms with van der Waals surface area (Å²) < 4.78 is 33.3. The molecule has 1 aliphatic heterocycles. The summed E-state index contributed by atoms with van der Waals surface area (Å²) in [4.78, 5) is 12.9. The molecule has 30 heavy (non-hydrogen) atoms. The van der Waals surface area contributed by atoms with Crippen LogP contribution in [0.15, 0.2) is 71.6 Å². The van der Waals surface area contributed by atoms with E-state index in [9.17, 15) is 13.2 Å². The van der Waals surface area contributed by atoms with Crippen LogP contribution < -0.4 is 14.4 Å². The average Bonchev–Trinajstić information content (AvgIpc) is 3.20. The number of sulfonamides is 1. The Morgan fingerprint density at radius 1 is 1.07 bits per heavy atom. The Labute approximate surface area is 180 Å². The van der Waals surface area contributed by atoms with Crippen molar-refractivity contribution in [3.63, 3.8) is 0 Å². The molecule has 1 amide bonds. The highest BCUT2D eigenvalue weighted by atomic mass is 35.5. The molecule has 0 spiro atoms. The number of rotatable bonds is 5. The Morgan fingerprint density at radius 3 is 2.57 bits per heavy atom. The molecule has 8 heteroatoms. The van der Waals surface area contributed by atoms with E-state index in [1.165, 1.54) is 29.6 Å². The molecular weight excluding hydrogens is 424 g/mol. The van der Waals surface area contributed by atoms with E-state index < -0.39 is 15.9 Å². The average molecular weight is 443 g/mol. The number of fused-ring (bicyclic) bond motifs is 1. The van der Waals surface area contributed by atoms with E-state index in [-0.39, 0.29) is 16.2 Å². The number of nitrogens with one attached hydrogen (secondary N) is 1. The molecule has 4 rings (SSSR count). The van der Waals surface area contributed by atoms with Crippen LogP contribution in [0.5, 0.6) is 5.75 Å². The van der Waals surface area contributed by atoms with Gasteiger partial charge in [-0.3, -0.25) is 9.10 Å². The van der Waals surface area contributed by atoms with Gasteiger partial charge in [0, 0.05) is 6.54 Å². The molecule has 3 aromatic carbocycles. The van der Waals surface area contributed by atoms with E-state index in [4.69, 9.17) is 16.3 Å². The molecule has 3 aromatic rings. The summed E-state index contributed by atoms with van der Waals surface area (Å²) in [6.07, 6.45) is 0.644. The number of amides is 1. The molecule has 6 nitrogen and oxygen atoms in total. The first kappa shape index (κ1) is 20.3. The number of methoxy groups -OCH3 is 1. The van der Waals surface area contributed by atoms with Crippen molar-refractivity contribution in [2.75, 3.05) is 23.3 Å². The summed E-state index contributed by atoms with van der Waals surface area (Å²) in [6.45, 7) is 0.356. The molecule has 0 saturated heterocycles. The molecule has 1 heterocycles. The first-order valence-electron chi connectivity index (χ1n) is 9.26. The summed E-state index contributed by atoms with van der Waals surface area (Å²) in [5, 5.41) is 3.08. The Hall–Kier alpha value is -3.03.